The summed E-state index contributed by atoms with van der Waals surface area (Å²) in [5.74, 6) is 1.80. The standard InChI is InChI=1S/C28H27NO7/c1-29(16-18-8-6-5-7-9-18)25(30)17-35-20-11-12-21-23(15-20)36-24(26(21)31)14-19-10-13-22(32-2)28(34-4)27(19)33-3/h5-15H,16-17H2,1-4H3. The lowest BCUT2D eigenvalue weighted by atomic mass is 10.1. The number of methoxy groups -OCH3 is 3. The molecule has 0 saturated carbocycles. The van der Waals surface area contributed by atoms with Crippen molar-refractivity contribution >= 4 is 17.8 Å². The number of Topliss-reactive ketones (excluding diaryl/α,β-unsaturated/α-hetero) is 1. The maximum absolute atomic E-state index is 12.9. The Balaban J connectivity index is 1.46. The Kier molecular flexibility index (Phi) is 7.44. The minimum absolute atomic E-state index is 0.131. The number of hydrogen-bond acceptors (Lipinski definition) is 7. The highest BCUT2D eigenvalue weighted by atomic mass is 16.5. The van der Waals surface area contributed by atoms with E-state index in [1.165, 1.54) is 21.3 Å². The largest absolute Gasteiger partial charge is 0.493 e. The normalized spacial score (nSPS) is 13.1. The predicted octanol–water partition coefficient (Wildman–Crippen LogP) is 4.37. The van der Waals surface area contributed by atoms with Crippen molar-refractivity contribution in [2.24, 2.45) is 0 Å². The molecule has 0 radical (unpaired) electrons. The SMILES string of the molecule is COc1ccc(C=C2Oc3cc(OCC(=O)N(C)Cc4ccccc4)ccc3C2=O)c(OC)c1OC. The molecule has 0 fully saturated rings. The van der Waals surface area contributed by atoms with Crippen molar-refractivity contribution in [3.63, 3.8) is 0 Å². The molecule has 4 rings (SSSR count). The Labute approximate surface area is 209 Å². The summed E-state index contributed by atoms with van der Waals surface area (Å²) in [6.07, 6.45) is 1.59. The second kappa shape index (κ2) is 10.9. The number of likely N-dealkylation sites (N-methyl/N-ethyl adjacent to an activating group) is 1. The van der Waals surface area contributed by atoms with Gasteiger partial charge >= 0.3 is 0 Å². The van der Waals surface area contributed by atoms with Gasteiger partial charge in [-0.2, -0.15) is 0 Å². The quantitative estimate of drug-likeness (QED) is 0.413. The number of hydrogen-bond donors (Lipinski definition) is 0. The minimum Gasteiger partial charge on any atom is -0.493 e. The Morgan fingerprint density at radius 2 is 1.69 bits per heavy atom. The molecule has 0 saturated heterocycles. The third kappa shape index (κ3) is 5.12. The number of carbonyl (C=O) groups is 2. The molecule has 0 bridgehead atoms. The van der Waals surface area contributed by atoms with Crippen LogP contribution in [0.25, 0.3) is 6.08 Å². The molecule has 8 heteroatoms. The van der Waals surface area contributed by atoms with Crippen LogP contribution < -0.4 is 23.7 Å². The van der Waals surface area contributed by atoms with Gasteiger partial charge in [0, 0.05) is 25.2 Å². The highest BCUT2D eigenvalue weighted by Crippen LogP contribution is 2.42. The summed E-state index contributed by atoms with van der Waals surface area (Å²) in [4.78, 5) is 27.0. The monoisotopic (exact) mass is 489 g/mol. The minimum atomic E-state index is -0.271. The van der Waals surface area contributed by atoms with Crippen molar-refractivity contribution in [2.45, 2.75) is 6.54 Å². The van der Waals surface area contributed by atoms with E-state index < -0.39 is 0 Å². The van der Waals surface area contributed by atoms with Crippen molar-refractivity contribution in [2.75, 3.05) is 35.0 Å². The molecule has 3 aromatic carbocycles. The summed E-state index contributed by atoms with van der Waals surface area (Å²) in [6, 6.07) is 18.0. The van der Waals surface area contributed by atoms with Gasteiger partial charge in [-0.05, 0) is 35.9 Å². The average molecular weight is 490 g/mol. The van der Waals surface area contributed by atoms with Gasteiger partial charge in [0.05, 0.1) is 26.9 Å². The van der Waals surface area contributed by atoms with E-state index in [9.17, 15) is 9.59 Å². The second-order valence-corrected chi connectivity index (χ2v) is 8.05. The highest BCUT2D eigenvalue weighted by molar-refractivity contribution is 6.14. The fourth-order valence-corrected chi connectivity index (χ4v) is 3.84. The molecule has 1 amide bonds. The molecule has 3 aromatic rings. The number of carbonyl (C=O) groups excluding carboxylic acids is 2. The molecule has 0 aliphatic carbocycles. The van der Waals surface area contributed by atoms with Crippen LogP contribution in [0, 0.1) is 0 Å². The zero-order chi connectivity index (χ0) is 25.7. The van der Waals surface area contributed by atoms with Gasteiger partial charge in [0.25, 0.3) is 5.91 Å². The molecule has 186 valence electrons. The first-order chi connectivity index (χ1) is 17.4. The fourth-order valence-electron chi connectivity index (χ4n) is 3.84. The molecular formula is C28H27NO7. The lowest BCUT2D eigenvalue weighted by Gasteiger charge is -2.17. The van der Waals surface area contributed by atoms with Gasteiger partial charge in [-0.15, -0.1) is 0 Å². The van der Waals surface area contributed by atoms with E-state index in [0.29, 0.717) is 46.4 Å². The summed E-state index contributed by atoms with van der Waals surface area (Å²) >= 11 is 0. The van der Waals surface area contributed by atoms with Crippen LogP contribution in [0.1, 0.15) is 21.5 Å². The number of allylic oxidation sites excluding steroid dienone is 1. The molecule has 0 spiro atoms. The number of benzene rings is 3. The topological polar surface area (TPSA) is 83.5 Å². The van der Waals surface area contributed by atoms with Crippen LogP contribution >= 0.6 is 0 Å². The molecule has 1 aliphatic rings. The van der Waals surface area contributed by atoms with Crippen LogP contribution in [0.5, 0.6) is 28.7 Å². The summed E-state index contributed by atoms with van der Waals surface area (Å²) in [6.45, 7) is 0.347. The maximum Gasteiger partial charge on any atom is 0.260 e. The first-order valence-electron chi connectivity index (χ1n) is 11.2. The molecule has 0 aromatic heterocycles. The summed E-state index contributed by atoms with van der Waals surface area (Å²) in [5.41, 5.74) is 2.03. The van der Waals surface area contributed by atoms with E-state index in [0.717, 1.165) is 5.56 Å². The highest BCUT2D eigenvalue weighted by Gasteiger charge is 2.29. The molecule has 1 aliphatic heterocycles. The molecule has 0 N–H and O–H groups in total. The molecule has 1 heterocycles. The molecule has 0 atom stereocenters. The molecule has 0 unspecified atom stereocenters. The number of fused-ring (bicyclic) bond motifs is 1. The number of ether oxygens (including phenoxy) is 5. The van der Waals surface area contributed by atoms with Gasteiger partial charge in [-0.25, -0.2) is 0 Å². The van der Waals surface area contributed by atoms with Gasteiger partial charge < -0.3 is 28.6 Å². The first-order valence-corrected chi connectivity index (χ1v) is 11.2. The Morgan fingerprint density at radius 3 is 2.39 bits per heavy atom. The first kappa shape index (κ1) is 24.7. The van der Waals surface area contributed by atoms with Crippen LogP contribution in [0.4, 0.5) is 0 Å². The van der Waals surface area contributed by atoms with Gasteiger partial charge in [-0.1, -0.05) is 30.3 Å². The number of nitrogens with zero attached hydrogens (tertiary/aromatic N) is 1. The Hall–Kier alpha value is -4.46. The molecule has 8 nitrogen and oxygen atoms in total. The third-order valence-electron chi connectivity index (χ3n) is 5.71. The summed E-state index contributed by atoms with van der Waals surface area (Å²) < 4.78 is 27.7. The zero-order valence-corrected chi connectivity index (χ0v) is 20.6. The van der Waals surface area contributed by atoms with Crippen LogP contribution in [-0.4, -0.2) is 51.6 Å². The van der Waals surface area contributed by atoms with Crippen LogP contribution in [-0.2, 0) is 11.3 Å². The Bertz CT molecular complexity index is 1300. The number of amides is 1. The number of rotatable bonds is 9. The van der Waals surface area contributed by atoms with Crippen molar-refractivity contribution in [1.82, 2.24) is 4.90 Å². The van der Waals surface area contributed by atoms with E-state index >= 15 is 0 Å². The second-order valence-electron chi connectivity index (χ2n) is 8.05. The van der Waals surface area contributed by atoms with Crippen molar-refractivity contribution < 1.29 is 33.3 Å². The fraction of sp³-hybridized carbons (Fsp3) is 0.214. The average Bonchev–Trinajstić information content (AvgIpc) is 3.21. The van der Waals surface area contributed by atoms with Crippen molar-refractivity contribution in [3.8, 4) is 28.7 Å². The van der Waals surface area contributed by atoms with E-state index in [4.69, 9.17) is 23.7 Å². The number of ketones is 1. The lowest BCUT2D eigenvalue weighted by molar-refractivity contribution is -0.132. The van der Waals surface area contributed by atoms with Gasteiger partial charge in [-0.3, -0.25) is 9.59 Å². The van der Waals surface area contributed by atoms with Crippen LogP contribution in [0.15, 0.2) is 66.4 Å². The van der Waals surface area contributed by atoms with Crippen LogP contribution in [0.3, 0.4) is 0 Å². The van der Waals surface area contributed by atoms with Crippen LogP contribution in [0.2, 0.25) is 0 Å². The molecule has 36 heavy (non-hydrogen) atoms. The predicted molar refractivity (Wildman–Crippen MR) is 134 cm³/mol. The summed E-state index contributed by atoms with van der Waals surface area (Å²) in [5, 5.41) is 0. The lowest BCUT2D eigenvalue weighted by Crippen LogP contribution is -2.30. The van der Waals surface area contributed by atoms with E-state index in [-0.39, 0.29) is 24.1 Å². The van der Waals surface area contributed by atoms with Crippen molar-refractivity contribution in [1.29, 1.82) is 0 Å². The van der Waals surface area contributed by atoms with E-state index in [1.54, 1.807) is 48.4 Å². The molecular weight excluding hydrogens is 462 g/mol. The third-order valence-corrected chi connectivity index (χ3v) is 5.71. The van der Waals surface area contributed by atoms with Gasteiger partial charge in [0.15, 0.2) is 23.9 Å². The van der Waals surface area contributed by atoms with Crippen molar-refractivity contribution in [3.05, 3.63) is 83.1 Å². The Morgan fingerprint density at radius 1 is 0.944 bits per heavy atom. The van der Waals surface area contributed by atoms with Gasteiger partial charge in [0.2, 0.25) is 11.5 Å². The van der Waals surface area contributed by atoms with E-state index in [1.807, 2.05) is 30.3 Å². The van der Waals surface area contributed by atoms with Gasteiger partial charge in [0.1, 0.15) is 11.5 Å². The van der Waals surface area contributed by atoms with E-state index in [2.05, 4.69) is 0 Å². The smallest absolute Gasteiger partial charge is 0.260 e. The summed E-state index contributed by atoms with van der Waals surface area (Å²) in [7, 11) is 6.27. The zero-order valence-electron chi connectivity index (χ0n) is 20.6. The maximum atomic E-state index is 12.9.